The van der Waals surface area contributed by atoms with E-state index in [4.69, 9.17) is 9.47 Å². The van der Waals surface area contributed by atoms with Crippen LogP contribution in [-0.4, -0.2) is 24.5 Å². The number of carbonyl (C=O) groups excluding carboxylic acids is 1. The largest absolute Gasteiger partial charge is 0.488 e. The van der Waals surface area contributed by atoms with Crippen LogP contribution in [0.15, 0.2) is 26.2 Å². The summed E-state index contributed by atoms with van der Waals surface area (Å²) in [7, 11) is 0. The van der Waals surface area contributed by atoms with Crippen LogP contribution in [0.2, 0.25) is 0 Å². The Balaban J connectivity index is 4.99. The summed E-state index contributed by atoms with van der Waals surface area (Å²) in [6.45, 7) is 14.4. The van der Waals surface area contributed by atoms with Gasteiger partial charge in [-0.1, -0.05) is 0 Å². The highest BCUT2D eigenvalue weighted by Gasteiger charge is 2.18. The molecule has 1 amide bonds. The lowest BCUT2D eigenvalue weighted by atomic mass is 10.2. The van der Waals surface area contributed by atoms with Crippen molar-refractivity contribution in [3.05, 3.63) is 21.2 Å². The monoisotopic (exact) mass is 394 g/mol. The molecule has 0 spiro atoms. The zero-order chi connectivity index (χ0) is 15.9. The van der Waals surface area contributed by atoms with Crippen LogP contribution in [-0.2, 0) is 9.47 Å². The van der Waals surface area contributed by atoms with Gasteiger partial charge in [0.15, 0.2) is 5.76 Å². The highest BCUT2D eigenvalue weighted by molar-refractivity contribution is 14.1. The van der Waals surface area contributed by atoms with Crippen molar-refractivity contribution >= 4 is 35.4 Å². The fraction of sp³-hybridized carbons (Fsp3) is 0.571. The molecule has 0 aromatic rings. The number of halogens is 1. The van der Waals surface area contributed by atoms with E-state index in [-0.39, 0.29) is 6.10 Å². The molecular formula is C14H23IN2O3. The molecule has 20 heavy (non-hydrogen) atoms. The first-order chi connectivity index (χ1) is 9.06. The Kier molecular flexibility index (Phi) is 7.85. The lowest BCUT2D eigenvalue weighted by Crippen LogP contribution is -2.31. The molecule has 0 aliphatic carbocycles. The van der Waals surface area contributed by atoms with Crippen LogP contribution in [0.1, 0.15) is 41.5 Å². The average molecular weight is 394 g/mol. The predicted molar refractivity (Wildman–Crippen MR) is 89.9 cm³/mol. The number of nitrogens with zero attached hydrogens (tertiary/aromatic N) is 1. The molecule has 114 valence electrons. The minimum atomic E-state index is -0.536. The van der Waals surface area contributed by atoms with Crippen molar-refractivity contribution in [1.29, 1.82) is 0 Å². The molecule has 0 bridgehead atoms. The van der Waals surface area contributed by atoms with Gasteiger partial charge in [0, 0.05) is 5.70 Å². The average Bonchev–Trinajstić information content (AvgIpc) is 2.23. The molecule has 1 N–H and O–H groups in total. The molecule has 0 unspecified atom stereocenters. The number of allylic oxidation sites excluding steroid dienone is 2. The summed E-state index contributed by atoms with van der Waals surface area (Å²) in [5.41, 5.74) is 0.0985. The minimum Gasteiger partial charge on any atom is -0.488 e. The molecule has 0 saturated heterocycles. The number of rotatable bonds is 5. The lowest BCUT2D eigenvalue weighted by molar-refractivity contribution is 0.0546. The molecular weight excluding hydrogens is 371 g/mol. The maximum Gasteiger partial charge on any atom is 0.411 e. The molecule has 0 saturated carbocycles. The molecule has 6 heteroatoms. The fourth-order valence-corrected chi connectivity index (χ4v) is 1.57. The van der Waals surface area contributed by atoms with Gasteiger partial charge in [-0.3, -0.25) is 10.3 Å². The highest BCUT2D eigenvalue weighted by atomic mass is 127. The van der Waals surface area contributed by atoms with Crippen molar-refractivity contribution in [2.75, 3.05) is 0 Å². The normalized spacial score (nSPS) is 13.7. The van der Waals surface area contributed by atoms with Crippen molar-refractivity contribution in [3.63, 3.8) is 0 Å². The van der Waals surface area contributed by atoms with Crippen molar-refractivity contribution in [1.82, 2.24) is 5.32 Å². The van der Waals surface area contributed by atoms with E-state index < -0.39 is 11.7 Å². The molecule has 0 aliphatic rings. The third-order valence-corrected chi connectivity index (χ3v) is 3.15. The van der Waals surface area contributed by atoms with Crippen LogP contribution >= 0.6 is 22.6 Å². The quantitative estimate of drug-likeness (QED) is 0.330. The minimum absolute atomic E-state index is 0.00194. The number of hydrogen-bond donors (Lipinski definition) is 1. The second-order valence-electron chi connectivity index (χ2n) is 5.41. The van der Waals surface area contributed by atoms with E-state index >= 15 is 0 Å². The molecule has 0 aromatic carbocycles. The molecule has 0 aromatic heterocycles. The SMILES string of the molecule is C=N/C=C(OC(C)C)\C(I)=C(/C)NC(=O)OC(C)(C)C. The Labute approximate surface area is 134 Å². The Morgan fingerprint density at radius 1 is 1.40 bits per heavy atom. The van der Waals surface area contributed by atoms with E-state index in [1.165, 1.54) is 6.20 Å². The van der Waals surface area contributed by atoms with Crippen molar-refractivity contribution in [2.24, 2.45) is 4.99 Å². The van der Waals surface area contributed by atoms with Crippen LogP contribution in [0.4, 0.5) is 4.79 Å². The summed E-state index contributed by atoms with van der Waals surface area (Å²) in [5, 5.41) is 2.68. The first kappa shape index (κ1) is 18.9. The van der Waals surface area contributed by atoms with Gasteiger partial charge in [-0.05, 0) is 70.9 Å². The van der Waals surface area contributed by atoms with E-state index in [1.54, 1.807) is 6.92 Å². The number of aliphatic imine (C=N–C) groups is 1. The summed E-state index contributed by atoms with van der Waals surface area (Å²) >= 11 is 2.09. The first-order valence-corrected chi connectivity index (χ1v) is 7.34. The number of amides is 1. The fourth-order valence-electron chi connectivity index (χ4n) is 1.17. The Morgan fingerprint density at radius 3 is 2.35 bits per heavy atom. The summed E-state index contributed by atoms with van der Waals surface area (Å²) in [4.78, 5) is 15.4. The number of hydrogen-bond acceptors (Lipinski definition) is 4. The van der Waals surface area contributed by atoms with Gasteiger partial charge in [0.1, 0.15) is 5.60 Å². The second-order valence-corrected chi connectivity index (χ2v) is 6.49. The third kappa shape index (κ3) is 8.19. The van der Waals surface area contributed by atoms with Crippen molar-refractivity contribution < 1.29 is 14.3 Å². The topological polar surface area (TPSA) is 59.9 Å². The maximum atomic E-state index is 11.7. The summed E-state index contributed by atoms with van der Waals surface area (Å²) < 4.78 is 11.6. The number of alkyl carbamates (subject to hydrolysis) is 1. The van der Waals surface area contributed by atoms with Crippen LogP contribution in [0.25, 0.3) is 0 Å². The molecule has 0 rings (SSSR count). The van der Waals surface area contributed by atoms with E-state index in [2.05, 4.69) is 39.6 Å². The first-order valence-electron chi connectivity index (χ1n) is 6.26. The van der Waals surface area contributed by atoms with Gasteiger partial charge < -0.3 is 9.47 Å². The van der Waals surface area contributed by atoms with Crippen LogP contribution in [0.5, 0.6) is 0 Å². The summed E-state index contributed by atoms with van der Waals surface area (Å²) in [6, 6.07) is 0. The van der Waals surface area contributed by atoms with Crippen LogP contribution < -0.4 is 5.32 Å². The smallest absolute Gasteiger partial charge is 0.411 e. The zero-order valence-corrected chi connectivity index (χ0v) is 15.1. The van der Waals surface area contributed by atoms with Crippen LogP contribution in [0.3, 0.4) is 0 Å². The van der Waals surface area contributed by atoms with Gasteiger partial charge >= 0.3 is 6.09 Å². The molecule has 0 atom stereocenters. The Hall–Kier alpha value is -1.05. The van der Waals surface area contributed by atoms with E-state index in [1.807, 2.05) is 34.6 Å². The van der Waals surface area contributed by atoms with Gasteiger partial charge in [-0.2, -0.15) is 0 Å². The maximum absolute atomic E-state index is 11.7. The van der Waals surface area contributed by atoms with E-state index in [9.17, 15) is 4.79 Å². The third-order valence-electron chi connectivity index (χ3n) is 1.81. The predicted octanol–water partition coefficient (Wildman–Crippen LogP) is 4.14. The van der Waals surface area contributed by atoms with Gasteiger partial charge in [-0.25, -0.2) is 4.79 Å². The lowest BCUT2D eigenvalue weighted by Gasteiger charge is -2.20. The number of nitrogens with one attached hydrogen (secondary N) is 1. The van der Waals surface area contributed by atoms with Gasteiger partial charge in [0.05, 0.1) is 15.9 Å². The number of ether oxygens (including phenoxy) is 2. The zero-order valence-electron chi connectivity index (χ0n) is 12.9. The van der Waals surface area contributed by atoms with Crippen LogP contribution in [0, 0.1) is 0 Å². The van der Waals surface area contributed by atoms with Gasteiger partial charge in [0.2, 0.25) is 0 Å². The molecule has 0 heterocycles. The highest BCUT2D eigenvalue weighted by Crippen LogP contribution is 2.24. The summed E-state index contributed by atoms with van der Waals surface area (Å²) in [5.74, 6) is 0.559. The Morgan fingerprint density at radius 2 is 1.95 bits per heavy atom. The van der Waals surface area contributed by atoms with E-state index in [0.29, 0.717) is 11.5 Å². The van der Waals surface area contributed by atoms with E-state index in [0.717, 1.165) is 3.58 Å². The molecule has 0 radical (unpaired) electrons. The second kappa shape index (κ2) is 8.28. The molecule has 5 nitrogen and oxygen atoms in total. The number of carbonyl (C=O) groups is 1. The molecule has 0 fully saturated rings. The Bertz CT molecular complexity index is 421. The van der Waals surface area contributed by atoms with Gasteiger partial charge in [-0.15, -0.1) is 0 Å². The van der Waals surface area contributed by atoms with Gasteiger partial charge in [0.25, 0.3) is 0 Å². The standard InChI is InChI=1S/C14H23IN2O3/c1-9(2)19-11(8-16-7)12(15)10(3)17-13(18)20-14(4,5)6/h8-9H,7H2,1-6H3,(H,17,18)/b11-8+,12-10-. The van der Waals surface area contributed by atoms with Crippen molar-refractivity contribution in [2.45, 2.75) is 53.2 Å². The summed E-state index contributed by atoms with van der Waals surface area (Å²) in [6.07, 6.45) is 1.02. The molecule has 0 aliphatic heterocycles. The van der Waals surface area contributed by atoms with Crippen molar-refractivity contribution in [3.8, 4) is 0 Å².